The van der Waals surface area contributed by atoms with Gasteiger partial charge in [0.2, 0.25) is 0 Å². The van der Waals surface area contributed by atoms with Gasteiger partial charge < -0.3 is 0 Å². The summed E-state index contributed by atoms with van der Waals surface area (Å²) < 4.78 is 0. The second-order valence-electron chi connectivity index (χ2n) is 4.57. The molecule has 0 atom stereocenters. The number of rotatable bonds is 1. The number of nitrogens with zero attached hydrogens (tertiary/aromatic N) is 1. The van der Waals surface area contributed by atoms with Gasteiger partial charge in [-0.25, -0.2) is 0 Å². The van der Waals surface area contributed by atoms with Crippen LogP contribution in [-0.2, 0) is 0 Å². The third-order valence-corrected chi connectivity index (χ3v) is 3.35. The highest BCUT2D eigenvalue weighted by atomic mass is 14.7. The molecule has 0 spiro atoms. The molecule has 3 rings (SSSR count). The molecule has 1 heteroatoms. The van der Waals surface area contributed by atoms with E-state index in [9.17, 15) is 0 Å². The maximum absolute atomic E-state index is 4.68. The van der Waals surface area contributed by atoms with Gasteiger partial charge >= 0.3 is 0 Å². The lowest BCUT2D eigenvalue weighted by molar-refractivity contribution is 1.15. The molecule has 2 aromatic carbocycles. The van der Waals surface area contributed by atoms with Crippen LogP contribution >= 0.6 is 0 Å². The van der Waals surface area contributed by atoms with Crippen molar-refractivity contribution in [3.05, 3.63) is 66.0 Å². The minimum atomic E-state index is 1.09. The smallest absolute Gasteiger partial charge is 0.0460 e. The lowest BCUT2D eigenvalue weighted by Crippen LogP contribution is -1.93. The zero-order valence-corrected chi connectivity index (χ0v) is 10.6. The van der Waals surface area contributed by atoms with Gasteiger partial charge in [0.05, 0.1) is 0 Å². The number of aryl methyl sites for hydroxylation is 2. The maximum atomic E-state index is 4.68. The van der Waals surface area contributed by atoms with Gasteiger partial charge in [0.1, 0.15) is 0 Å². The van der Waals surface area contributed by atoms with Crippen molar-refractivity contribution >= 4 is 10.8 Å². The van der Waals surface area contributed by atoms with Crippen molar-refractivity contribution in [3.8, 4) is 11.1 Å². The molecule has 0 amide bonds. The fraction of sp³-hybridized carbons (Fsp3) is 0.118. The van der Waals surface area contributed by atoms with E-state index < -0.39 is 0 Å². The van der Waals surface area contributed by atoms with E-state index in [0.717, 1.165) is 11.4 Å². The summed E-state index contributed by atoms with van der Waals surface area (Å²) >= 11 is 0. The van der Waals surface area contributed by atoms with Gasteiger partial charge in [-0.1, -0.05) is 54.6 Å². The summed E-state index contributed by atoms with van der Waals surface area (Å²) in [6.45, 7) is 4.16. The fourth-order valence-corrected chi connectivity index (χ4v) is 2.55. The molecule has 0 radical (unpaired) electrons. The normalized spacial score (nSPS) is 10.8. The molecule has 0 fully saturated rings. The Morgan fingerprint density at radius 1 is 0.667 bits per heavy atom. The first-order valence-corrected chi connectivity index (χ1v) is 6.19. The quantitative estimate of drug-likeness (QED) is 0.602. The molecular formula is C17H15N. The van der Waals surface area contributed by atoms with Crippen LogP contribution in [0.2, 0.25) is 0 Å². The molecule has 0 aliphatic rings. The van der Waals surface area contributed by atoms with Gasteiger partial charge in [0.25, 0.3) is 0 Å². The van der Waals surface area contributed by atoms with Crippen LogP contribution in [0.4, 0.5) is 0 Å². The second kappa shape index (κ2) is 4.26. The van der Waals surface area contributed by atoms with Gasteiger partial charge in [0.15, 0.2) is 0 Å². The van der Waals surface area contributed by atoms with Gasteiger partial charge in [0, 0.05) is 22.3 Å². The highest BCUT2D eigenvalue weighted by Crippen LogP contribution is 2.31. The van der Waals surface area contributed by atoms with Crippen LogP contribution in [0, 0.1) is 13.8 Å². The van der Waals surface area contributed by atoms with E-state index in [1.807, 2.05) is 6.07 Å². The van der Waals surface area contributed by atoms with Crippen LogP contribution in [0.15, 0.2) is 54.6 Å². The second-order valence-corrected chi connectivity index (χ2v) is 4.57. The summed E-state index contributed by atoms with van der Waals surface area (Å²) in [5, 5.41) is 2.52. The lowest BCUT2D eigenvalue weighted by atomic mass is 9.96. The number of pyridine rings is 1. The Morgan fingerprint density at radius 2 is 1.28 bits per heavy atom. The van der Waals surface area contributed by atoms with Crippen LogP contribution in [0.1, 0.15) is 11.4 Å². The molecule has 1 nitrogen and oxygen atoms in total. The number of fused-ring (bicyclic) bond motifs is 1. The van der Waals surface area contributed by atoms with Crippen LogP contribution in [-0.4, -0.2) is 4.98 Å². The Hall–Kier alpha value is -2.15. The van der Waals surface area contributed by atoms with Gasteiger partial charge in [-0.15, -0.1) is 0 Å². The monoisotopic (exact) mass is 233 g/mol. The van der Waals surface area contributed by atoms with Crippen molar-refractivity contribution in [2.24, 2.45) is 0 Å². The topological polar surface area (TPSA) is 12.9 Å². The SMILES string of the molecule is Cc1nc(C)c2ccccc2c1-c1ccccc1. The molecule has 0 aliphatic carbocycles. The highest BCUT2D eigenvalue weighted by molar-refractivity contribution is 5.98. The van der Waals surface area contributed by atoms with E-state index >= 15 is 0 Å². The van der Waals surface area contributed by atoms with E-state index in [4.69, 9.17) is 0 Å². The van der Waals surface area contributed by atoms with E-state index in [-0.39, 0.29) is 0 Å². The molecular weight excluding hydrogens is 218 g/mol. The summed E-state index contributed by atoms with van der Waals surface area (Å²) in [7, 11) is 0. The van der Waals surface area contributed by atoms with Crippen molar-refractivity contribution in [1.82, 2.24) is 4.98 Å². The summed E-state index contributed by atoms with van der Waals surface area (Å²) in [5.74, 6) is 0. The van der Waals surface area contributed by atoms with Crippen molar-refractivity contribution in [2.75, 3.05) is 0 Å². The molecule has 18 heavy (non-hydrogen) atoms. The first kappa shape index (κ1) is 11.0. The minimum absolute atomic E-state index is 1.09. The number of hydrogen-bond acceptors (Lipinski definition) is 1. The Labute approximate surface area is 107 Å². The average Bonchev–Trinajstić information content (AvgIpc) is 2.40. The molecule has 1 aromatic heterocycles. The summed E-state index contributed by atoms with van der Waals surface area (Å²) in [4.78, 5) is 4.68. The van der Waals surface area contributed by atoms with E-state index in [1.54, 1.807) is 0 Å². The van der Waals surface area contributed by atoms with Crippen molar-refractivity contribution < 1.29 is 0 Å². The zero-order chi connectivity index (χ0) is 12.5. The van der Waals surface area contributed by atoms with Crippen molar-refractivity contribution in [2.45, 2.75) is 13.8 Å². The number of benzene rings is 2. The molecule has 0 N–H and O–H groups in total. The molecule has 0 aliphatic heterocycles. The number of aromatic nitrogens is 1. The van der Waals surface area contributed by atoms with Gasteiger partial charge in [-0.05, 0) is 24.8 Å². The molecule has 0 saturated heterocycles. The molecule has 1 heterocycles. The molecule has 0 bridgehead atoms. The van der Waals surface area contributed by atoms with Crippen LogP contribution in [0.5, 0.6) is 0 Å². The van der Waals surface area contributed by atoms with Gasteiger partial charge in [-0.2, -0.15) is 0 Å². The van der Waals surface area contributed by atoms with Crippen LogP contribution < -0.4 is 0 Å². The molecule has 0 saturated carbocycles. The minimum Gasteiger partial charge on any atom is -0.257 e. The fourth-order valence-electron chi connectivity index (χ4n) is 2.55. The predicted octanol–water partition coefficient (Wildman–Crippen LogP) is 4.52. The molecule has 3 aromatic rings. The van der Waals surface area contributed by atoms with Gasteiger partial charge in [-0.3, -0.25) is 4.98 Å². The Morgan fingerprint density at radius 3 is 2.00 bits per heavy atom. The highest BCUT2D eigenvalue weighted by Gasteiger charge is 2.09. The Kier molecular flexibility index (Phi) is 2.60. The third kappa shape index (κ3) is 1.68. The maximum Gasteiger partial charge on any atom is 0.0460 e. The molecule has 88 valence electrons. The van der Waals surface area contributed by atoms with Crippen molar-refractivity contribution in [1.29, 1.82) is 0 Å². The Balaban J connectivity index is 2.42. The largest absolute Gasteiger partial charge is 0.257 e. The number of hydrogen-bond donors (Lipinski definition) is 0. The van der Waals surface area contributed by atoms with Crippen molar-refractivity contribution in [3.63, 3.8) is 0 Å². The van der Waals surface area contributed by atoms with E-state index in [0.29, 0.717) is 0 Å². The third-order valence-electron chi connectivity index (χ3n) is 3.35. The first-order valence-electron chi connectivity index (χ1n) is 6.19. The summed E-state index contributed by atoms with van der Waals surface area (Å²) in [6, 6.07) is 19.0. The van der Waals surface area contributed by atoms with E-state index in [1.165, 1.54) is 21.9 Å². The molecule has 0 unspecified atom stereocenters. The first-order chi connectivity index (χ1) is 8.77. The standard InChI is InChI=1S/C17H15N/c1-12-15-10-6-7-11-16(15)17(13(2)18-12)14-8-4-3-5-9-14/h3-11H,1-2H3. The summed E-state index contributed by atoms with van der Waals surface area (Å²) in [5.41, 5.74) is 4.68. The average molecular weight is 233 g/mol. The summed E-state index contributed by atoms with van der Waals surface area (Å²) in [6.07, 6.45) is 0. The van der Waals surface area contributed by atoms with Crippen LogP contribution in [0.25, 0.3) is 21.9 Å². The zero-order valence-electron chi connectivity index (χ0n) is 10.6. The lowest BCUT2D eigenvalue weighted by Gasteiger charge is -2.12. The van der Waals surface area contributed by atoms with Crippen LogP contribution in [0.3, 0.4) is 0 Å². The Bertz CT molecular complexity index is 699. The predicted molar refractivity (Wildman–Crippen MR) is 76.7 cm³/mol. The van der Waals surface area contributed by atoms with E-state index in [2.05, 4.69) is 67.4 Å².